The quantitative estimate of drug-likeness (QED) is 0.691. The molecule has 0 aliphatic carbocycles. The first-order valence-corrected chi connectivity index (χ1v) is 9.14. The number of anilines is 2. The number of carbonyl (C=O) groups is 1. The van der Waals surface area contributed by atoms with Crippen LogP contribution in [0.4, 0.5) is 15.2 Å². The van der Waals surface area contributed by atoms with Crippen LogP contribution >= 0.6 is 34.5 Å². The van der Waals surface area contributed by atoms with Gasteiger partial charge < -0.3 is 10.2 Å². The molecule has 1 fully saturated rings. The number of halogens is 3. The van der Waals surface area contributed by atoms with Crippen LogP contribution in [0.1, 0.15) is 0 Å². The molecule has 2 aromatic carbocycles. The molecule has 1 aromatic heterocycles. The number of benzene rings is 2. The molecule has 1 saturated heterocycles. The van der Waals surface area contributed by atoms with Crippen molar-refractivity contribution in [1.82, 2.24) is 4.98 Å². The van der Waals surface area contributed by atoms with Crippen LogP contribution in [0.3, 0.4) is 0 Å². The van der Waals surface area contributed by atoms with Crippen molar-refractivity contribution in [2.45, 2.75) is 0 Å². The molecule has 25 heavy (non-hydrogen) atoms. The molecule has 0 radical (unpaired) electrons. The summed E-state index contributed by atoms with van der Waals surface area (Å²) in [6, 6.07) is 9.65. The van der Waals surface area contributed by atoms with E-state index < -0.39 is 0 Å². The molecule has 0 spiro atoms. The Labute approximate surface area is 157 Å². The second kappa shape index (κ2) is 6.44. The highest BCUT2D eigenvalue weighted by Gasteiger charge is 2.34. The SMILES string of the molecule is O=C(Nc1cccc(Cl)c1Cl)C1CN(c2nc3ccc(F)cc3s2)C1. The van der Waals surface area contributed by atoms with Crippen molar-refractivity contribution in [3.05, 3.63) is 52.3 Å². The fourth-order valence-electron chi connectivity index (χ4n) is 2.66. The zero-order chi connectivity index (χ0) is 17.6. The topological polar surface area (TPSA) is 45.2 Å². The van der Waals surface area contributed by atoms with Crippen molar-refractivity contribution in [2.24, 2.45) is 5.92 Å². The zero-order valence-corrected chi connectivity index (χ0v) is 15.1. The van der Waals surface area contributed by atoms with E-state index >= 15 is 0 Å². The maximum atomic E-state index is 13.3. The lowest BCUT2D eigenvalue weighted by atomic mass is 10.00. The summed E-state index contributed by atoms with van der Waals surface area (Å²) in [5.74, 6) is -0.534. The summed E-state index contributed by atoms with van der Waals surface area (Å²) >= 11 is 13.5. The summed E-state index contributed by atoms with van der Waals surface area (Å²) in [5.41, 5.74) is 1.27. The minimum Gasteiger partial charge on any atom is -0.346 e. The first-order valence-electron chi connectivity index (χ1n) is 7.57. The van der Waals surface area contributed by atoms with Crippen LogP contribution < -0.4 is 10.2 Å². The maximum absolute atomic E-state index is 13.3. The normalized spacial score (nSPS) is 14.6. The molecule has 1 N–H and O–H groups in total. The van der Waals surface area contributed by atoms with E-state index in [9.17, 15) is 9.18 Å². The summed E-state index contributed by atoms with van der Waals surface area (Å²) in [6.07, 6.45) is 0. The molecule has 0 atom stereocenters. The van der Waals surface area contributed by atoms with E-state index in [-0.39, 0.29) is 17.6 Å². The lowest BCUT2D eigenvalue weighted by Crippen LogP contribution is -2.52. The maximum Gasteiger partial charge on any atom is 0.231 e. The number of nitrogens with one attached hydrogen (secondary N) is 1. The summed E-state index contributed by atoms with van der Waals surface area (Å²) in [6.45, 7) is 1.12. The van der Waals surface area contributed by atoms with Crippen LogP contribution in [0.2, 0.25) is 10.0 Å². The van der Waals surface area contributed by atoms with Crippen molar-refractivity contribution in [1.29, 1.82) is 0 Å². The van der Waals surface area contributed by atoms with Crippen LogP contribution in [-0.2, 0) is 4.79 Å². The molecule has 2 heterocycles. The van der Waals surface area contributed by atoms with Crippen molar-refractivity contribution in [3.8, 4) is 0 Å². The molecule has 1 aliphatic heterocycles. The van der Waals surface area contributed by atoms with Crippen LogP contribution in [-0.4, -0.2) is 24.0 Å². The minimum atomic E-state index is -0.276. The Morgan fingerprint density at radius 2 is 2.08 bits per heavy atom. The molecular weight excluding hydrogens is 384 g/mol. The van der Waals surface area contributed by atoms with Gasteiger partial charge in [-0.05, 0) is 30.3 Å². The van der Waals surface area contributed by atoms with Gasteiger partial charge in [0.1, 0.15) is 5.82 Å². The van der Waals surface area contributed by atoms with Gasteiger partial charge in [0.15, 0.2) is 5.13 Å². The summed E-state index contributed by atoms with van der Waals surface area (Å²) < 4.78 is 14.1. The second-order valence-corrected chi connectivity index (χ2v) is 7.60. The fraction of sp³-hybridized carbons (Fsp3) is 0.176. The molecular formula is C17H12Cl2FN3OS. The number of nitrogens with zero attached hydrogens (tertiary/aromatic N) is 2. The monoisotopic (exact) mass is 395 g/mol. The smallest absolute Gasteiger partial charge is 0.231 e. The van der Waals surface area contributed by atoms with E-state index in [1.54, 1.807) is 24.3 Å². The average molecular weight is 396 g/mol. The van der Waals surface area contributed by atoms with Crippen molar-refractivity contribution in [2.75, 3.05) is 23.3 Å². The van der Waals surface area contributed by atoms with Gasteiger partial charge >= 0.3 is 0 Å². The molecule has 4 rings (SSSR count). The fourth-order valence-corrected chi connectivity index (χ4v) is 4.01. The number of rotatable bonds is 3. The van der Waals surface area contributed by atoms with Crippen molar-refractivity contribution in [3.63, 3.8) is 0 Å². The third kappa shape index (κ3) is 3.17. The lowest BCUT2D eigenvalue weighted by Gasteiger charge is -2.38. The number of carbonyl (C=O) groups excluding carboxylic acids is 1. The highest BCUT2D eigenvalue weighted by Crippen LogP contribution is 2.34. The molecule has 1 amide bonds. The third-order valence-corrected chi connectivity index (χ3v) is 5.97. The van der Waals surface area contributed by atoms with E-state index in [1.807, 2.05) is 4.90 Å². The molecule has 3 aromatic rings. The first kappa shape index (κ1) is 16.6. The minimum absolute atomic E-state index is 0.104. The van der Waals surface area contributed by atoms with Crippen LogP contribution in [0.15, 0.2) is 36.4 Å². The molecule has 0 saturated carbocycles. The van der Waals surface area contributed by atoms with Gasteiger partial charge in [-0.3, -0.25) is 4.79 Å². The summed E-state index contributed by atoms with van der Waals surface area (Å²) in [4.78, 5) is 18.8. The third-order valence-electron chi connectivity index (χ3n) is 4.07. The summed E-state index contributed by atoms with van der Waals surface area (Å²) in [5, 5.41) is 4.34. The van der Waals surface area contributed by atoms with Crippen molar-refractivity contribution >= 4 is 61.5 Å². The largest absolute Gasteiger partial charge is 0.346 e. The molecule has 0 unspecified atom stereocenters. The number of aromatic nitrogens is 1. The average Bonchev–Trinajstić information content (AvgIpc) is 2.92. The number of hydrogen-bond donors (Lipinski definition) is 1. The van der Waals surface area contributed by atoms with E-state index in [1.165, 1.54) is 23.5 Å². The Bertz CT molecular complexity index is 972. The van der Waals surface area contributed by atoms with Gasteiger partial charge in [0.2, 0.25) is 5.91 Å². The lowest BCUT2D eigenvalue weighted by molar-refractivity contribution is -0.120. The van der Waals surface area contributed by atoms with Crippen LogP contribution in [0, 0.1) is 11.7 Å². The summed E-state index contributed by atoms with van der Waals surface area (Å²) in [7, 11) is 0. The Kier molecular flexibility index (Phi) is 4.27. The van der Waals surface area contributed by atoms with Gasteiger partial charge in [-0.2, -0.15) is 0 Å². The van der Waals surface area contributed by atoms with Gasteiger partial charge in [-0.1, -0.05) is 40.6 Å². The Morgan fingerprint density at radius 3 is 2.88 bits per heavy atom. The van der Waals surface area contributed by atoms with E-state index in [0.717, 1.165) is 15.3 Å². The van der Waals surface area contributed by atoms with E-state index in [0.29, 0.717) is 28.8 Å². The predicted molar refractivity (Wildman–Crippen MR) is 100 cm³/mol. The molecule has 0 bridgehead atoms. The Morgan fingerprint density at radius 1 is 1.28 bits per heavy atom. The van der Waals surface area contributed by atoms with E-state index in [2.05, 4.69) is 10.3 Å². The standard InChI is InChI=1S/C17H12Cl2FN3OS/c18-11-2-1-3-13(15(11)19)21-16(24)9-7-23(8-9)17-22-12-5-4-10(20)6-14(12)25-17/h1-6,9H,7-8H2,(H,21,24). The zero-order valence-electron chi connectivity index (χ0n) is 12.8. The number of thiazole rings is 1. The van der Waals surface area contributed by atoms with Crippen LogP contribution in [0.5, 0.6) is 0 Å². The number of fused-ring (bicyclic) bond motifs is 1. The first-order chi connectivity index (χ1) is 12.0. The van der Waals surface area contributed by atoms with Gasteiger partial charge in [-0.25, -0.2) is 9.37 Å². The van der Waals surface area contributed by atoms with Gasteiger partial charge in [0.25, 0.3) is 0 Å². The van der Waals surface area contributed by atoms with Gasteiger partial charge in [-0.15, -0.1) is 0 Å². The predicted octanol–water partition coefficient (Wildman–Crippen LogP) is 4.82. The van der Waals surface area contributed by atoms with Crippen molar-refractivity contribution < 1.29 is 9.18 Å². The van der Waals surface area contributed by atoms with Gasteiger partial charge in [0.05, 0.1) is 31.9 Å². The Balaban J connectivity index is 1.42. The highest BCUT2D eigenvalue weighted by molar-refractivity contribution is 7.22. The number of hydrogen-bond acceptors (Lipinski definition) is 4. The molecule has 4 nitrogen and oxygen atoms in total. The molecule has 8 heteroatoms. The van der Waals surface area contributed by atoms with Gasteiger partial charge in [0, 0.05) is 13.1 Å². The molecule has 1 aliphatic rings. The van der Waals surface area contributed by atoms with Crippen LogP contribution in [0.25, 0.3) is 10.2 Å². The molecule has 128 valence electrons. The second-order valence-electron chi connectivity index (χ2n) is 5.80. The highest BCUT2D eigenvalue weighted by atomic mass is 35.5. The Hall–Kier alpha value is -1.89. The van der Waals surface area contributed by atoms with E-state index in [4.69, 9.17) is 23.2 Å². The number of amides is 1.